The Morgan fingerprint density at radius 1 is 1.43 bits per heavy atom. The van der Waals surface area contributed by atoms with Gasteiger partial charge in [0, 0.05) is 19.7 Å². The molecule has 0 spiro atoms. The van der Waals surface area contributed by atoms with Crippen LogP contribution >= 0.6 is 11.6 Å². The third kappa shape index (κ3) is 3.69. The number of nitrogens with zero attached hydrogens (tertiary/aromatic N) is 2. The van der Waals surface area contributed by atoms with Crippen LogP contribution in [0.2, 0.25) is 5.02 Å². The Morgan fingerprint density at radius 2 is 2.19 bits per heavy atom. The van der Waals surface area contributed by atoms with Crippen molar-refractivity contribution in [3.8, 4) is 5.75 Å². The van der Waals surface area contributed by atoms with E-state index < -0.39 is 17.2 Å². The number of rotatable bonds is 5. The Labute approximate surface area is 124 Å². The second-order valence-electron chi connectivity index (χ2n) is 4.15. The second kappa shape index (κ2) is 6.53. The molecule has 0 unspecified atom stereocenters. The fourth-order valence-corrected chi connectivity index (χ4v) is 1.81. The van der Waals surface area contributed by atoms with Gasteiger partial charge in [-0.1, -0.05) is 11.6 Å². The Hall–Kier alpha value is -2.15. The Kier molecular flexibility index (Phi) is 4.74. The second-order valence-corrected chi connectivity index (χ2v) is 4.53. The molecule has 2 aromatic rings. The molecule has 0 aliphatic rings. The molecule has 0 radical (unpaired) electrons. The molecular weight excluding hydrogens is 304 g/mol. The predicted molar refractivity (Wildman–Crippen MR) is 74.8 cm³/mol. The summed E-state index contributed by atoms with van der Waals surface area (Å²) in [7, 11) is 1.48. The van der Waals surface area contributed by atoms with Crippen molar-refractivity contribution >= 4 is 17.3 Å². The van der Waals surface area contributed by atoms with Crippen molar-refractivity contribution in [2.45, 2.75) is 0 Å². The highest BCUT2D eigenvalue weighted by Gasteiger charge is 2.07. The molecular formula is C13H12ClF2N3O2. The van der Waals surface area contributed by atoms with E-state index in [-0.39, 0.29) is 23.9 Å². The molecule has 0 bridgehead atoms. The van der Waals surface area contributed by atoms with Crippen LogP contribution in [0.3, 0.4) is 0 Å². The van der Waals surface area contributed by atoms with Gasteiger partial charge in [0.05, 0.1) is 11.9 Å². The number of aryl methyl sites for hydroxylation is 1. The lowest BCUT2D eigenvalue weighted by Gasteiger charge is -2.10. The molecule has 0 aliphatic carbocycles. The maximum absolute atomic E-state index is 13.3. The fourth-order valence-electron chi connectivity index (χ4n) is 1.57. The van der Waals surface area contributed by atoms with Crippen molar-refractivity contribution < 1.29 is 13.5 Å². The minimum Gasteiger partial charge on any atom is -0.489 e. The number of ether oxygens (including phenoxy) is 1. The molecule has 0 saturated heterocycles. The molecule has 8 heteroatoms. The number of hydrogen-bond donors (Lipinski definition) is 1. The lowest BCUT2D eigenvalue weighted by Crippen LogP contribution is -2.22. The molecule has 2 rings (SSSR count). The van der Waals surface area contributed by atoms with Gasteiger partial charge in [-0.2, -0.15) is 5.10 Å². The smallest absolute Gasteiger partial charge is 0.287 e. The Morgan fingerprint density at radius 3 is 2.90 bits per heavy atom. The van der Waals surface area contributed by atoms with Gasteiger partial charge in [-0.3, -0.25) is 4.79 Å². The summed E-state index contributed by atoms with van der Waals surface area (Å²) in [5.74, 6) is -1.49. The maximum atomic E-state index is 13.3. The highest BCUT2D eigenvalue weighted by molar-refractivity contribution is 6.32. The number of anilines is 1. The molecule has 0 fully saturated rings. The highest BCUT2D eigenvalue weighted by Crippen LogP contribution is 2.18. The zero-order valence-corrected chi connectivity index (χ0v) is 11.8. The van der Waals surface area contributed by atoms with Gasteiger partial charge in [-0.15, -0.1) is 0 Å². The molecule has 21 heavy (non-hydrogen) atoms. The molecule has 1 N–H and O–H groups in total. The SMILES string of the molecule is Cn1ncc(NCCOc2ccc(F)cc2F)c(Cl)c1=O. The van der Waals surface area contributed by atoms with Crippen LogP contribution in [0.5, 0.6) is 5.75 Å². The van der Waals surface area contributed by atoms with Crippen molar-refractivity contribution in [1.82, 2.24) is 9.78 Å². The summed E-state index contributed by atoms with van der Waals surface area (Å²) in [5.41, 5.74) is -0.0601. The molecule has 5 nitrogen and oxygen atoms in total. The first kappa shape index (κ1) is 15.2. The lowest BCUT2D eigenvalue weighted by molar-refractivity contribution is 0.314. The van der Waals surface area contributed by atoms with E-state index in [1.54, 1.807) is 0 Å². The summed E-state index contributed by atoms with van der Waals surface area (Å²) in [6.45, 7) is 0.374. The summed E-state index contributed by atoms with van der Waals surface area (Å²) < 4.78 is 32.3. The summed E-state index contributed by atoms with van der Waals surface area (Å²) in [6, 6.07) is 3.05. The van der Waals surface area contributed by atoms with E-state index in [2.05, 4.69) is 10.4 Å². The first-order valence-corrected chi connectivity index (χ1v) is 6.40. The molecule has 1 aromatic heterocycles. The quantitative estimate of drug-likeness (QED) is 0.860. The van der Waals surface area contributed by atoms with Gasteiger partial charge in [0.15, 0.2) is 11.6 Å². The molecule has 0 amide bonds. The fraction of sp³-hybridized carbons (Fsp3) is 0.231. The summed E-state index contributed by atoms with van der Waals surface area (Å²) in [5, 5.41) is 6.68. The van der Waals surface area contributed by atoms with Crippen molar-refractivity contribution in [1.29, 1.82) is 0 Å². The van der Waals surface area contributed by atoms with Gasteiger partial charge >= 0.3 is 0 Å². The first-order chi connectivity index (χ1) is 9.99. The predicted octanol–water partition coefficient (Wildman–Crippen LogP) is 2.20. The largest absolute Gasteiger partial charge is 0.489 e. The van der Waals surface area contributed by atoms with Crippen molar-refractivity contribution in [2.24, 2.45) is 7.05 Å². The average Bonchev–Trinajstić information content (AvgIpc) is 2.45. The summed E-state index contributed by atoms with van der Waals surface area (Å²) >= 11 is 5.86. The molecule has 0 aliphatic heterocycles. The summed E-state index contributed by atoms with van der Waals surface area (Å²) in [4.78, 5) is 11.5. The highest BCUT2D eigenvalue weighted by atomic mass is 35.5. The Bertz CT molecular complexity index is 706. The van der Waals surface area contributed by atoms with Gasteiger partial charge < -0.3 is 10.1 Å². The van der Waals surface area contributed by atoms with E-state index in [0.29, 0.717) is 5.69 Å². The normalized spacial score (nSPS) is 10.5. The van der Waals surface area contributed by atoms with Crippen molar-refractivity contribution in [3.05, 3.63) is 51.4 Å². The van der Waals surface area contributed by atoms with E-state index in [0.717, 1.165) is 16.8 Å². The van der Waals surface area contributed by atoms with Crippen LogP contribution in [-0.2, 0) is 7.05 Å². The monoisotopic (exact) mass is 315 g/mol. The topological polar surface area (TPSA) is 56.1 Å². The molecule has 0 saturated carbocycles. The number of halogens is 3. The van der Waals surface area contributed by atoms with E-state index in [9.17, 15) is 13.6 Å². The van der Waals surface area contributed by atoms with Crippen LogP contribution < -0.4 is 15.6 Å². The average molecular weight is 316 g/mol. The van der Waals surface area contributed by atoms with Crippen molar-refractivity contribution in [2.75, 3.05) is 18.5 Å². The maximum Gasteiger partial charge on any atom is 0.287 e. The third-order valence-corrected chi connectivity index (χ3v) is 3.01. The number of nitrogens with one attached hydrogen (secondary N) is 1. The molecule has 1 heterocycles. The van der Waals surface area contributed by atoms with Crippen LogP contribution in [0.1, 0.15) is 0 Å². The number of hydrogen-bond acceptors (Lipinski definition) is 4. The van der Waals surface area contributed by atoms with Crippen LogP contribution in [-0.4, -0.2) is 22.9 Å². The zero-order valence-electron chi connectivity index (χ0n) is 11.1. The van der Waals surface area contributed by atoms with Crippen LogP contribution in [0, 0.1) is 11.6 Å². The molecule has 0 atom stereocenters. The standard InChI is InChI=1S/C13H12ClF2N3O2/c1-19-13(20)12(14)10(7-18-19)17-4-5-21-11-3-2-8(15)6-9(11)16/h2-3,6-7,17H,4-5H2,1H3. The summed E-state index contributed by atoms with van der Waals surface area (Å²) in [6.07, 6.45) is 1.40. The van der Waals surface area contributed by atoms with Crippen molar-refractivity contribution in [3.63, 3.8) is 0 Å². The van der Waals surface area contributed by atoms with E-state index in [4.69, 9.17) is 16.3 Å². The Balaban J connectivity index is 1.90. The third-order valence-electron chi connectivity index (χ3n) is 2.65. The number of aromatic nitrogens is 2. The van der Waals surface area contributed by atoms with Gasteiger partial charge in [-0.05, 0) is 12.1 Å². The van der Waals surface area contributed by atoms with Crippen LogP contribution in [0.15, 0.2) is 29.2 Å². The lowest BCUT2D eigenvalue weighted by atomic mass is 10.3. The molecule has 112 valence electrons. The van der Waals surface area contributed by atoms with Crippen LogP contribution in [0.25, 0.3) is 0 Å². The van der Waals surface area contributed by atoms with E-state index >= 15 is 0 Å². The minimum atomic E-state index is -0.775. The van der Waals surface area contributed by atoms with Gasteiger partial charge in [0.2, 0.25) is 0 Å². The zero-order chi connectivity index (χ0) is 15.4. The molecule has 1 aromatic carbocycles. The first-order valence-electron chi connectivity index (χ1n) is 6.02. The van der Waals surface area contributed by atoms with Gasteiger partial charge in [0.1, 0.15) is 17.4 Å². The van der Waals surface area contributed by atoms with Crippen LogP contribution in [0.4, 0.5) is 14.5 Å². The minimum absolute atomic E-state index is 0.0143. The number of benzene rings is 1. The van der Waals surface area contributed by atoms with E-state index in [1.807, 2.05) is 0 Å². The van der Waals surface area contributed by atoms with E-state index in [1.165, 1.54) is 19.3 Å². The van der Waals surface area contributed by atoms with Gasteiger partial charge in [0.25, 0.3) is 5.56 Å². The van der Waals surface area contributed by atoms with Gasteiger partial charge in [-0.25, -0.2) is 13.5 Å².